The molecule has 0 bridgehead atoms. The summed E-state index contributed by atoms with van der Waals surface area (Å²) in [6.07, 6.45) is 0. The zero-order chi connectivity index (χ0) is 18.4. The van der Waals surface area contributed by atoms with Gasteiger partial charge >= 0.3 is 0 Å². The molecule has 4 rings (SSSR count). The van der Waals surface area contributed by atoms with Gasteiger partial charge in [0.1, 0.15) is 5.58 Å². The van der Waals surface area contributed by atoms with Gasteiger partial charge in [-0.05, 0) is 35.9 Å². The van der Waals surface area contributed by atoms with Crippen LogP contribution in [0.5, 0.6) is 0 Å². The van der Waals surface area contributed by atoms with E-state index in [1.807, 2.05) is 24.3 Å². The molecule has 26 heavy (non-hydrogen) atoms. The summed E-state index contributed by atoms with van der Waals surface area (Å²) >= 11 is 6.80. The molecule has 1 N–H and O–H groups in total. The van der Waals surface area contributed by atoms with Gasteiger partial charge in [-0.25, -0.2) is 0 Å². The van der Waals surface area contributed by atoms with E-state index in [0.29, 0.717) is 16.5 Å². The van der Waals surface area contributed by atoms with Crippen molar-refractivity contribution in [3.05, 3.63) is 78.5 Å². The average Bonchev–Trinajstić information content (AvgIpc) is 2.89. The van der Waals surface area contributed by atoms with E-state index in [9.17, 15) is 14.7 Å². The molecule has 1 aliphatic rings. The van der Waals surface area contributed by atoms with Gasteiger partial charge in [0.2, 0.25) is 5.76 Å². The molecule has 0 radical (unpaired) electrons. The predicted octanol–water partition coefficient (Wildman–Crippen LogP) is 3.86. The van der Waals surface area contributed by atoms with Crippen LogP contribution in [0.1, 0.15) is 27.7 Å². The Kier molecular flexibility index (Phi) is 4.46. The molecule has 7 heteroatoms. The van der Waals surface area contributed by atoms with E-state index in [-0.39, 0.29) is 30.2 Å². The molecule has 1 unspecified atom stereocenters. The molecule has 0 spiro atoms. The van der Waals surface area contributed by atoms with E-state index < -0.39 is 6.04 Å². The van der Waals surface area contributed by atoms with Gasteiger partial charge in [-0.15, -0.1) is 0 Å². The fourth-order valence-electron chi connectivity index (χ4n) is 3.35. The van der Waals surface area contributed by atoms with Gasteiger partial charge in [-0.3, -0.25) is 9.59 Å². The van der Waals surface area contributed by atoms with Crippen molar-refractivity contribution in [2.75, 3.05) is 13.2 Å². The summed E-state index contributed by atoms with van der Waals surface area (Å²) in [7, 11) is 0. The molecule has 1 aliphatic heterocycles. The van der Waals surface area contributed by atoms with Crippen LogP contribution in [-0.4, -0.2) is 29.1 Å². The summed E-state index contributed by atoms with van der Waals surface area (Å²) in [6.45, 7) is -0.0941. The van der Waals surface area contributed by atoms with Crippen molar-refractivity contribution in [2.24, 2.45) is 0 Å². The lowest BCUT2D eigenvalue weighted by molar-refractivity contribution is 0.0691. The quantitative estimate of drug-likeness (QED) is 0.620. The molecule has 1 aromatic heterocycles. The van der Waals surface area contributed by atoms with E-state index in [0.717, 1.165) is 14.5 Å². The first-order chi connectivity index (χ1) is 12.5. The minimum atomic E-state index is -0.596. The Balaban J connectivity index is 2.03. The van der Waals surface area contributed by atoms with Crippen LogP contribution in [0.3, 0.4) is 0 Å². The van der Waals surface area contributed by atoms with Crippen LogP contribution in [0.2, 0.25) is 0 Å². The van der Waals surface area contributed by atoms with Gasteiger partial charge in [0.25, 0.3) is 5.91 Å². The Morgan fingerprint density at radius 3 is 2.58 bits per heavy atom. The molecule has 1 atom stereocenters. The zero-order valence-corrected chi connectivity index (χ0v) is 16.6. The van der Waals surface area contributed by atoms with E-state index in [2.05, 4.69) is 31.9 Å². The third-order valence-electron chi connectivity index (χ3n) is 4.43. The van der Waals surface area contributed by atoms with Crippen LogP contribution in [-0.2, 0) is 0 Å². The molecule has 3 aromatic rings. The Hall–Kier alpha value is -1.96. The van der Waals surface area contributed by atoms with Crippen LogP contribution < -0.4 is 5.43 Å². The highest BCUT2D eigenvalue weighted by molar-refractivity contribution is 9.10. The standard InChI is InChI=1S/C19H13Br2NO4/c20-11-3-1-2-10(8-11)16-15-17(24)13-9-12(21)4-5-14(13)26-18(15)19(25)22(16)6-7-23/h1-5,8-9,16,23H,6-7H2. The topological polar surface area (TPSA) is 70.8 Å². The molecule has 2 heterocycles. The summed E-state index contributed by atoms with van der Waals surface area (Å²) in [4.78, 5) is 27.6. The number of hydrogen-bond acceptors (Lipinski definition) is 4. The number of benzene rings is 2. The number of rotatable bonds is 3. The molecule has 0 aliphatic carbocycles. The number of fused-ring (bicyclic) bond motifs is 2. The molecule has 132 valence electrons. The minimum Gasteiger partial charge on any atom is -0.450 e. The number of β-amino-alcohol motifs (C(OH)–C–C–N with tert-alkyl or cyclic N) is 1. The maximum absolute atomic E-state index is 13.2. The third-order valence-corrected chi connectivity index (χ3v) is 5.42. The van der Waals surface area contributed by atoms with E-state index in [4.69, 9.17) is 4.42 Å². The number of carbonyl (C=O) groups excluding carboxylic acids is 1. The molecule has 1 amide bonds. The number of aliphatic hydroxyl groups is 1. The Labute approximate surface area is 165 Å². The van der Waals surface area contributed by atoms with Crippen LogP contribution in [0.15, 0.2) is 60.6 Å². The molecule has 0 saturated heterocycles. The average molecular weight is 479 g/mol. The van der Waals surface area contributed by atoms with Crippen molar-refractivity contribution in [3.63, 3.8) is 0 Å². The first kappa shape index (κ1) is 17.5. The van der Waals surface area contributed by atoms with Gasteiger partial charge in [-0.1, -0.05) is 44.0 Å². The number of hydrogen-bond donors (Lipinski definition) is 1. The van der Waals surface area contributed by atoms with Crippen molar-refractivity contribution in [3.8, 4) is 0 Å². The molecular weight excluding hydrogens is 466 g/mol. The maximum Gasteiger partial charge on any atom is 0.290 e. The van der Waals surface area contributed by atoms with Crippen LogP contribution in [0.4, 0.5) is 0 Å². The smallest absolute Gasteiger partial charge is 0.290 e. The summed E-state index contributed by atoms with van der Waals surface area (Å²) in [5, 5.41) is 9.83. The molecule has 2 aromatic carbocycles. The minimum absolute atomic E-state index is 0.0447. The van der Waals surface area contributed by atoms with E-state index in [1.165, 1.54) is 4.90 Å². The molecule has 0 saturated carbocycles. The van der Waals surface area contributed by atoms with Crippen molar-refractivity contribution in [1.29, 1.82) is 0 Å². The lowest BCUT2D eigenvalue weighted by Gasteiger charge is -2.24. The Morgan fingerprint density at radius 1 is 1.08 bits per heavy atom. The fraction of sp³-hybridized carbons (Fsp3) is 0.158. The van der Waals surface area contributed by atoms with E-state index >= 15 is 0 Å². The maximum atomic E-state index is 13.2. The van der Waals surface area contributed by atoms with Crippen molar-refractivity contribution in [2.45, 2.75) is 6.04 Å². The number of aliphatic hydroxyl groups excluding tert-OH is 1. The SMILES string of the molecule is O=C1c2oc3ccc(Br)cc3c(=O)c2C(c2cccc(Br)c2)N1CCO. The zero-order valence-electron chi connectivity index (χ0n) is 13.4. The van der Waals surface area contributed by atoms with Crippen molar-refractivity contribution in [1.82, 2.24) is 4.90 Å². The molecule has 0 fully saturated rings. The number of halogens is 2. The molecular formula is C19H13Br2NO4. The largest absolute Gasteiger partial charge is 0.450 e. The van der Waals surface area contributed by atoms with Gasteiger partial charge in [-0.2, -0.15) is 0 Å². The van der Waals surface area contributed by atoms with E-state index in [1.54, 1.807) is 18.2 Å². The van der Waals surface area contributed by atoms with Gasteiger partial charge in [0.05, 0.1) is 23.6 Å². The summed E-state index contributed by atoms with van der Waals surface area (Å²) in [5.74, 6) is -0.343. The Morgan fingerprint density at radius 2 is 1.85 bits per heavy atom. The lowest BCUT2D eigenvalue weighted by atomic mass is 9.98. The third kappa shape index (κ3) is 2.71. The highest BCUT2D eigenvalue weighted by Gasteiger charge is 2.42. The monoisotopic (exact) mass is 477 g/mol. The van der Waals surface area contributed by atoms with Crippen molar-refractivity contribution >= 4 is 48.7 Å². The highest BCUT2D eigenvalue weighted by atomic mass is 79.9. The van der Waals surface area contributed by atoms with Gasteiger partial charge in [0.15, 0.2) is 5.43 Å². The second-order valence-electron chi connectivity index (χ2n) is 5.99. The predicted molar refractivity (Wildman–Crippen MR) is 104 cm³/mol. The number of nitrogens with zero attached hydrogens (tertiary/aromatic N) is 1. The first-order valence-electron chi connectivity index (χ1n) is 7.95. The van der Waals surface area contributed by atoms with Gasteiger partial charge < -0.3 is 14.4 Å². The summed E-state index contributed by atoms with van der Waals surface area (Å²) in [5.41, 5.74) is 1.22. The summed E-state index contributed by atoms with van der Waals surface area (Å²) < 4.78 is 7.40. The normalized spacial score (nSPS) is 16.3. The first-order valence-corrected chi connectivity index (χ1v) is 9.53. The summed E-state index contributed by atoms with van der Waals surface area (Å²) in [6, 6.07) is 12.0. The second kappa shape index (κ2) is 6.64. The fourth-order valence-corrected chi connectivity index (χ4v) is 4.13. The number of amides is 1. The van der Waals surface area contributed by atoms with Crippen LogP contribution in [0, 0.1) is 0 Å². The highest BCUT2D eigenvalue weighted by Crippen LogP contribution is 2.38. The lowest BCUT2D eigenvalue weighted by Crippen LogP contribution is -2.32. The van der Waals surface area contributed by atoms with Crippen molar-refractivity contribution < 1.29 is 14.3 Å². The molecule has 5 nitrogen and oxygen atoms in total. The number of carbonyl (C=O) groups is 1. The van der Waals surface area contributed by atoms with Crippen LogP contribution in [0.25, 0.3) is 11.0 Å². The van der Waals surface area contributed by atoms with Crippen LogP contribution >= 0.6 is 31.9 Å². The second-order valence-corrected chi connectivity index (χ2v) is 7.83. The Bertz CT molecular complexity index is 1090. The van der Waals surface area contributed by atoms with Gasteiger partial charge in [0, 0.05) is 15.5 Å².